The van der Waals surface area contributed by atoms with Gasteiger partial charge in [0.05, 0.1) is 35.1 Å². The molecule has 2 saturated heterocycles. The smallest absolute Gasteiger partial charge is 0.248 e. The van der Waals surface area contributed by atoms with E-state index < -0.39 is 42.2 Å². The van der Waals surface area contributed by atoms with Crippen LogP contribution in [0.2, 0.25) is 5.02 Å². The first-order chi connectivity index (χ1) is 17.6. The minimum absolute atomic E-state index is 0.130. The third kappa shape index (κ3) is 4.45. The number of anilines is 1. The summed E-state index contributed by atoms with van der Waals surface area (Å²) in [5.74, 6) is -3.08. The van der Waals surface area contributed by atoms with Gasteiger partial charge in [-0.1, -0.05) is 11.6 Å². The lowest BCUT2D eigenvalue weighted by Gasteiger charge is -2.32. The molecule has 2 N–H and O–H groups in total. The molecular formula is C25H27ClF3N5O3. The van der Waals surface area contributed by atoms with Crippen LogP contribution in [-0.4, -0.2) is 61.7 Å². The third-order valence-electron chi connectivity index (χ3n) is 7.41. The van der Waals surface area contributed by atoms with Crippen molar-refractivity contribution in [1.29, 1.82) is 0 Å². The van der Waals surface area contributed by atoms with Gasteiger partial charge < -0.3 is 24.5 Å². The maximum Gasteiger partial charge on any atom is 0.248 e. The van der Waals surface area contributed by atoms with Gasteiger partial charge in [0.1, 0.15) is 23.5 Å². The zero-order chi connectivity index (χ0) is 26.1. The van der Waals surface area contributed by atoms with E-state index in [2.05, 4.69) is 20.3 Å². The summed E-state index contributed by atoms with van der Waals surface area (Å²) in [5, 5.41) is 13.9. The number of benzene rings is 1. The highest BCUT2D eigenvalue weighted by Crippen LogP contribution is 2.45. The first-order valence-corrected chi connectivity index (χ1v) is 12.8. The third-order valence-corrected chi connectivity index (χ3v) is 7.68. The summed E-state index contributed by atoms with van der Waals surface area (Å²) in [4.78, 5) is 13.2. The summed E-state index contributed by atoms with van der Waals surface area (Å²) >= 11 is 6.43. The number of aliphatic hydroxyl groups is 1. The lowest BCUT2D eigenvalue weighted by Crippen LogP contribution is -2.48. The highest BCUT2D eigenvalue weighted by molar-refractivity contribution is 6.33. The fourth-order valence-corrected chi connectivity index (χ4v) is 5.84. The quantitative estimate of drug-likeness (QED) is 0.470. The van der Waals surface area contributed by atoms with E-state index in [1.54, 1.807) is 6.07 Å². The molecule has 1 unspecified atom stereocenters. The zero-order valence-corrected chi connectivity index (χ0v) is 21.1. The Kier molecular flexibility index (Phi) is 6.09. The Balaban J connectivity index is 1.37. The second-order valence-corrected chi connectivity index (χ2v) is 10.8. The van der Waals surface area contributed by atoms with Crippen LogP contribution >= 0.6 is 11.6 Å². The summed E-state index contributed by atoms with van der Waals surface area (Å²) < 4.78 is 56.2. The molecule has 2 bridgehead atoms. The van der Waals surface area contributed by atoms with Crippen molar-refractivity contribution in [2.24, 2.45) is 0 Å². The Morgan fingerprint density at radius 2 is 2.08 bits per heavy atom. The van der Waals surface area contributed by atoms with Crippen LogP contribution in [0.25, 0.3) is 22.3 Å². The van der Waals surface area contributed by atoms with Crippen molar-refractivity contribution in [3.63, 3.8) is 0 Å². The van der Waals surface area contributed by atoms with E-state index in [-0.39, 0.29) is 35.4 Å². The number of hydrogen-bond acceptors (Lipinski definition) is 7. The number of hydrogen-bond donors (Lipinski definition) is 2. The second kappa shape index (κ2) is 9.07. The highest BCUT2D eigenvalue weighted by atomic mass is 35.5. The molecule has 37 heavy (non-hydrogen) atoms. The van der Waals surface area contributed by atoms with Gasteiger partial charge >= 0.3 is 0 Å². The van der Waals surface area contributed by atoms with Crippen LogP contribution in [0.5, 0.6) is 0 Å². The van der Waals surface area contributed by atoms with Crippen molar-refractivity contribution in [2.75, 3.05) is 11.9 Å². The Bertz CT molecular complexity index is 1350. The van der Waals surface area contributed by atoms with Gasteiger partial charge in [-0.05, 0) is 32.4 Å². The van der Waals surface area contributed by atoms with Crippen molar-refractivity contribution in [2.45, 2.75) is 82.0 Å². The number of fused-ring (bicyclic) bond motifs is 3. The number of aliphatic hydroxyl groups excluding tert-OH is 1. The zero-order valence-electron chi connectivity index (χ0n) is 20.3. The van der Waals surface area contributed by atoms with Crippen LogP contribution < -0.4 is 5.32 Å². The van der Waals surface area contributed by atoms with Gasteiger partial charge in [0.15, 0.2) is 12.1 Å². The molecule has 8 nitrogen and oxygen atoms in total. The summed E-state index contributed by atoms with van der Waals surface area (Å²) in [6.45, 7) is 4.15. The Morgan fingerprint density at radius 1 is 1.27 bits per heavy atom. The molecule has 198 valence electrons. The standard InChI is InChI=1S/C25H27ClF3N5O3/c1-11(2)34-17-6-13(5-15(27)21(17)32-23(34)12-3-4-25(28,29)8-12)20-14(26)9-30-24(33-20)31-16-7-19-36-10-18(37-19)22(16)35/h5-6,9,11-12,16,18-19,22,35H,3-4,7-8,10H2,1-2H3,(H,30,31,33)/t12-,16?,18-,19-,22+/m1/s1. The Morgan fingerprint density at radius 3 is 2.81 bits per heavy atom. The molecule has 6 rings (SSSR count). The predicted octanol–water partition coefficient (Wildman–Crippen LogP) is 5.06. The first-order valence-electron chi connectivity index (χ1n) is 12.4. The van der Waals surface area contributed by atoms with Gasteiger partial charge in [0.25, 0.3) is 0 Å². The van der Waals surface area contributed by atoms with Crippen LogP contribution in [0.1, 0.15) is 57.3 Å². The molecule has 2 aromatic heterocycles. The molecule has 0 amide bonds. The van der Waals surface area contributed by atoms with E-state index in [0.29, 0.717) is 42.0 Å². The van der Waals surface area contributed by atoms with Crippen LogP contribution in [0, 0.1) is 5.82 Å². The highest BCUT2D eigenvalue weighted by Gasteiger charge is 2.44. The minimum Gasteiger partial charge on any atom is -0.388 e. The Hall–Kier alpha value is -2.47. The van der Waals surface area contributed by atoms with Crippen molar-refractivity contribution in [3.05, 3.63) is 35.0 Å². The second-order valence-electron chi connectivity index (χ2n) is 10.4. The first kappa shape index (κ1) is 24.8. The number of halogens is 4. The number of ether oxygens (including phenoxy) is 2. The maximum absolute atomic E-state index is 15.4. The monoisotopic (exact) mass is 537 g/mol. The lowest BCUT2D eigenvalue weighted by atomic mass is 10.0. The number of imidazole rings is 1. The van der Waals surface area contributed by atoms with Crippen molar-refractivity contribution < 1.29 is 27.8 Å². The average molecular weight is 538 g/mol. The molecule has 3 aromatic rings. The van der Waals surface area contributed by atoms with Crippen LogP contribution in [0.3, 0.4) is 0 Å². The summed E-state index contributed by atoms with van der Waals surface area (Å²) in [7, 11) is 0. The average Bonchev–Trinajstić information content (AvgIpc) is 3.53. The minimum atomic E-state index is -2.74. The van der Waals surface area contributed by atoms with E-state index in [4.69, 9.17) is 21.1 Å². The number of nitrogens with zero attached hydrogens (tertiary/aromatic N) is 4. The largest absolute Gasteiger partial charge is 0.388 e. The topological polar surface area (TPSA) is 94.3 Å². The van der Waals surface area contributed by atoms with Gasteiger partial charge in [-0.15, -0.1) is 0 Å². The van der Waals surface area contributed by atoms with Gasteiger partial charge in [-0.3, -0.25) is 0 Å². The normalized spacial score (nSPS) is 28.9. The molecule has 3 aliphatic rings. The van der Waals surface area contributed by atoms with Crippen molar-refractivity contribution in [3.8, 4) is 11.3 Å². The van der Waals surface area contributed by atoms with Gasteiger partial charge in [-0.2, -0.15) is 0 Å². The molecule has 5 atom stereocenters. The van der Waals surface area contributed by atoms with E-state index in [1.807, 2.05) is 18.4 Å². The van der Waals surface area contributed by atoms with Crippen LogP contribution in [0.4, 0.5) is 19.1 Å². The molecule has 2 aliphatic heterocycles. The van der Waals surface area contributed by atoms with Gasteiger partial charge in [-0.25, -0.2) is 28.1 Å². The predicted molar refractivity (Wildman–Crippen MR) is 130 cm³/mol. The van der Waals surface area contributed by atoms with E-state index in [9.17, 15) is 13.9 Å². The van der Waals surface area contributed by atoms with Crippen molar-refractivity contribution in [1.82, 2.24) is 19.5 Å². The maximum atomic E-state index is 15.4. The van der Waals surface area contributed by atoms with Crippen LogP contribution in [-0.2, 0) is 9.47 Å². The van der Waals surface area contributed by atoms with E-state index >= 15 is 4.39 Å². The van der Waals surface area contributed by atoms with Crippen molar-refractivity contribution >= 4 is 28.6 Å². The molecule has 3 fully saturated rings. The van der Waals surface area contributed by atoms with E-state index in [0.717, 1.165) is 0 Å². The van der Waals surface area contributed by atoms with E-state index in [1.165, 1.54) is 12.3 Å². The molecule has 1 saturated carbocycles. The number of nitrogens with one attached hydrogen (secondary N) is 1. The number of aromatic nitrogens is 4. The summed E-state index contributed by atoms with van der Waals surface area (Å²) in [6.07, 6.45) is -0.00692. The summed E-state index contributed by atoms with van der Waals surface area (Å²) in [5.41, 5.74) is 1.33. The molecule has 12 heteroatoms. The molecule has 1 aromatic carbocycles. The lowest BCUT2D eigenvalue weighted by molar-refractivity contribution is -0.123. The number of rotatable bonds is 5. The van der Waals surface area contributed by atoms with Gasteiger partial charge in [0.2, 0.25) is 11.9 Å². The fourth-order valence-electron chi connectivity index (χ4n) is 5.64. The molecule has 4 heterocycles. The molecule has 1 aliphatic carbocycles. The fraction of sp³-hybridized carbons (Fsp3) is 0.560. The molecule has 0 radical (unpaired) electrons. The molecular weight excluding hydrogens is 511 g/mol. The van der Waals surface area contributed by atoms with Crippen LogP contribution in [0.15, 0.2) is 18.3 Å². The number of alkyl halides is 2. The molecule has 0 spiro atoms. The summed E-state index contributed by atoms with van der Waals surface area (Å²) in [6, 6.07) is 2.50. The Labute approximate surface area is 216 Å². The SMILES string of the molecule is CC(C)n1c([C@@H]2CCC(F)(F)C2)nc2c(F)cc(-c3nc(NC4C[C@@H]5OC[C@@H](O5)[C@H]4O)ncc3Cl)cc21. The van der Waals surface area contributed by atoms with Gasteiger partial charge in [0, 0.05) is 36.8 Å².